The minimum atomic E-state index is -0.728. The number of ketones is 2. The number of carbonyl (C=O) groups is 4. The van der Waals surface area contributed by atoms with Crippen molar-refractivity contribution in [1.82, 2.24) is 20.0 Å². The summed E-state index contributed by atoms with van der Waals surface area (Å²) < 4.78 is 5.96. The van der Waals surface area contributed by atoms with Gasteiger partial charge in [-0.15, -0.1) is 10.2 Å². The standard InChI is InChI=1S/C24H36N4O5/c1-7-23(3,4)17(29)21(31)27-13-9-11-15(27)19-25-26-20(33-19)16-12-10-14-28(16)22(32)18(30)24(5,6)8-2/h15-16H,7-14H2,1-6H3/t15-,16-/m1/s1. The van der Waals surface area contributed by atoms with Crippen LogP contribution >= 0.6 is 0 Å². The van der Waals surface area contributed by atoms with Crippen molar-refractivity contribution >= 4 is 23.4 Å². The van der Waals surface area contributed by atoms with E-state index in [-0.39, 0.29) is 11.8 Å². The molecule has 0 N–H and O–H groups in total. The predicted molar refractivity (Wildman–Crippen MR) is 120 cm³/mol. The number of rotatable bonds is 8. The lowest BCUT2D eigenvalue weighted by molar-refractivity contribution is -0.150. The molecular formula is C24H36N4O5. The Kier molecular flexibility index (Phi) is 7.10. The number of likely N-dealkylation sites (tertiary alicyclic amines) is 2. The van der Waals surface area contributed by atoms with E-state index in [1.54, 1.807) is 27.7 Å². The van der Waals surface area contributed by atoms with Crippen LogP contribution in [0.4, 0.5) is 0 Å². The average molecular weight is 461 g/mol. The zero-order valence-electron chi connectivity index (χ0n) is 20.6. The van der Waals surface area contributed by atoms with Gasteiger partial charge >= 0.3 is 0 Å². The van der Waals surface area contributed by atoms with Crippen LogP contribution in [-0.4, -0.2) is 56.5 Å². The molecule has 3 heterocycles. The van der Waals surface area contributed by atoms with Gasteiger partial charge in [-0.1, -0.05) is 41.5 Å². The quantitative estimate of drug-likeness (QED) is 0.546. The van der Waals surface area contributed by atoms with E-state index in [9.17, 15) is 19.2 Å². The zero-order valence-corrected chi connectivity index (χ0v) is 20.6. The van der Waals surface area contributed by atoms with Gasteiger partial charge < -0.3 is 14.2 Å². The summed E-state index contributed by atoms with van der Waals surface area (Å²) in [6.45, 7) is 11.8. The van der Waals surface area contributed by atoms with Gasteiger partial charge in [0.15, 0.2) is 0 Å². The lowest BCUT2D eigenvalue weighted by Crippen LogP contribution is -2.42. The molecule has 3 rings (SSSR count). The minimum absolute atomic E-state index is 0.275. The highest BCUT2D eigenvalue weighted by atomic mass is 16.4. The van der Waals surface area contributed by atoms with Crippen molar-refractivity contribution in [3.05, 3.63) is 11.8 Å². The summed E-state index contributed by atoms with van der Waals surface area (Å²) in [4.78, 5) is 54.4. The first kappa shape index (κ1) is 25.1. The first-order chi connectivity index (χ1) is 15.4. The Morgan fingerprint density at radius 2 is 1.15 bits per heavy atom. The number of nitrogens with zero attached hydrogens (tertiary/aromatic N) is 4. The first-order valence-corrected chi connectivity index (χ1v) is 12.0. The smallest absolute Gasteiger partial charge is 0.291 e. The number of aromatic nitrogens is 2. The van der Waals surface area contributed by atoms with Crippen LogP contribution in [0.5, 0.6) is 0 Å². The fourth-order valence-corrected chi connectivity index (χ4v) is 4.21. The van der Waals surface area contributed by atoms with E-state index < -0.39 is 46.3 Å². The monoisotopic (exact) mass is 460 g/mol. The summed E-state index contributed by atoms with van der Waals surface area (Å²) in [5, 5.41) is 8.35. The second-order valence-electron chi connectivity index (χ2n) is 10.4. The van der Waals surface area contributed by atoms with E-state index in [1.807, 2.05) is 13.8 Å². The van der Waals surface area contributed by atoms with Crippen molar-refractivity contribution in [3.63, 3.8) is 0 Å². The van der Waals surface area contributed by atoms with E-state index >= 15 is 0 Å². The zero-order chi connectivity index (χ0) is 24.6. The van der Waals surface area contributed by atoms with Crippen LogP contribution in [0.1, 0.15) is 104 Å². The molecule has 2 saturated heterocycles. The molecule has 2 amide bonds. The average Bonchev–Trinajstić information content (AvgIpc) is 3.55. The maximum Gasteiger partial charge on any atom is 0.291 e. The van der Waals surface area contributed by atoms with Gasteiger partial charge in [-0.05, 0) is 38.5 Å². The Labute approximate surface area is 195 Å². The SMILES string of the molecule is CCC(C)(C)C(=O)C(=O)N1CCC[C@@H]1c1nnc([C@H]2CCCN2C(=O)C(=O)C(C)(C)CC)o1. The van der Waals surface area contributed by atoms with Gasteiger partial charge in [0.05, 0.1) is 0 Å². The van der Waals surface area contributed by atoms with Crippen LogP contribution < -0.4 is 0 Å². The van der Waals surface area contributed by atoms with Crippen molar-refractivity contribution in [2.45, 2.75) is 92.2 Å². The lowest BCUT2D eigenvalue weighted by Gasteiger charge is -2.27. The normalized spacial score (nSPS) is 21.5. The van der Waals surface area contributed by atoms with Crippen LogP contribution in [0.25, 0.3) is 0 Å². The third-order valence-electron chi connectivity index (χ3n) is 7.44. The fourth-order valence-electron chi connectivity index (χ4n) is 4.21. The van der Waals surface area contributed by atoms with Crippen LogP contribution in [-0.2, 0) is 19.2 Å². The van der Waals surface area contributed by atoms with Crippen molar-refractivity contribution in [1.29, 1.82) is 0 Å². The Balaban J connectivity index is 1.78. The van der Waals surface area contributed by atoms with Crippen molar-refractivity contribution in [2.24, 2.45) is 10.8 Å². The molecule has 182 valence electrons. The molecule has 0 radical (unpaired) electrons. The Morgan fingerprint density at radius 3 is 1.48 bits per heavy atom. The molecule has 2 aliphatic heterocycles. The molecule has 0 saturated carbocycles. The second kappa shape index (κ2) is 9.35. The minimum Gasteiger partial charge on any atom is -0.421 e. The Morgan fingerprint density at radius 1 is 0.788 bits per heavy atom. The topological polar surface area (TPSA) is 114 Å². The van der Waals surface area contributed by atoms with Crippen molar-refractivity contribution < 1.29 is 23.6 Å². The van der Waals surface area contributed by atoms with Gasteiger partial charge in [-0.25, -0.2) is 0 Å². The summed E-state index contributed by atoms with van der Waals surface area (Å²) >= 11 is 0. The highest BCUT2D eigenvalue weighted by Gasteiger charge is 2.43. The predicted octanol–water partition coefficient (Wildman–Crippen LogP) is 3.41. The molecule has 0 aromatic carbocycles. The summed E-state index contributed by atoms with van der Waals surface area (Å²) in [5.74, 6) is -1.32. The van der Waals surface area contributed by atoms with Gasteiger partial charge in [-0.3, -0.25) is 19.2 Å². The van der Waals surface area contributed by atoms with Gasteiger partial charge in [0.2, 0.25) is 23.3 Å². The molecule has 1 aromatic heterocycles. The molecule has 2 aliphatic rings. The van der Waals surface area contributed by atoms with Gasteiger partial charge in [0.25, 0.3) is 11.8 Å². The summed E-state index contributed by atoms with van der Waals surface area (Å²) in [6.07, 6.45) is 3.87. The van der Waals surface area contributed by atoms with Crippen molar-refractivity contribution in [3.8, 4) is 0 Å². The van der Waals surface area contributed by atoms with E-state index in [0.29, 0.717) is 38.8 Å². The molecule has 0 aliphatic carbocycles. The highest BCUT2D eigenvalue weighted by molar-refractivity contribution is 6.38. The Bertz CT molecular complexity index is 863. The van der Waals surface area contributed by atoms with Crippen LogP contribution in [0.2, 0.25) is 0 Å². The summed E-state index contributed by atoms with van der Waals surface area (Å²) in [7, 11) is 0. The summed E-state index contributed by atoms with van der Waals surface area (Å²) in [5.41, 5.74) is -1.46. The molecule has 0 bridgehead atoms. The summed E-state index contributed by atoms with van der Waals surface area (Å²) in [6, 6.07) is -0.914. The third-order valence-corrected chi connectivity index (χ3v) is 7.44. The second-order valence-corrected chi connectivity index (χ2v) is 10.4. The van der Waals surface area contributed by atoms with Gasteiger partial charge in [0.1, 0.15) is 12.1 Å². The van der Waals surface area contributed by atoms with E-state index in [4.69, 9.17) is 4.42 Å². The van der Waals surface area contributed by atoms with Gasteiger partial charge in [0, 0.05) is 23.9 Å². The van der Waals surface area contributed by atoms with E-state index in [1.165, 1.54) is 9.80 Å². The van der Waals surface area contributed by atoms with E-state index in [0.717, 1.165) is 12.8 Å². The largest absolute Gasteiger partial charge is 0.421 e. The molecule has 33 heavy (non-hydrogen) atoms. The maximum absolute atomic E-state index is 12.9. The van der Waals surface area contributed by atoms with Crippen LogP contribution in [0.3, 0.4) is 0 Å². The number of carbonyl (C=O) groups excluding carboxylic acids is 4. The lowest BCUT2D eigenvalue weighted by atomic mass is 9.84. The number of amides is 2. The molecule has 9 heteroatoms. The molecule has 9 nitrogen and oxygen atoms in total. The molecule has 0 unspecified atom stereocenters. The fraction of sp³-hybridized carbons (Fsp3) is 0.750. The molecule has 1 aromatic rings. The number of hydrogen-bond acceptors (Lipinski definition) is 7. The van der Waals surface area contributed by atoms with Crippen LogP contribution in [0, 0.1) is 10.8 Å². The van der Waals surface area contributed by atoms with Gasteiger partial charge in [-0.2, -0.15) is 0 Å². The molecule has 2 atom stereocenters. The molecule has 2 fully saturated rings. The number of hydrogen-bond donors (Lipinski definition) is 0. The van der Waals surface area contributed by atoms with E-state index in [2.05, 4.69) is 10.2 Å². The Hall–Kier alpha value is -2.58. The third kappa shape index (κ3) is 4.73. The molecule has 0 spiro atoms. The maximum atomic E-state index is 12.9. The van der Waals surface area contributed by atoms with Crippen molar-refractivity contribution in [2.75, 3.05) is 13.1 Å². The number of Topliss-reactive ketones (excluding diaryl/α,β-unsaturated/α-hetero) is 2. The van der Waals surface area contributed by atoms with Crippen LogP contribution in [0.15, 0.2) is 4.42 Å². The first-order valence-electron chi connectivity index (χ1n) is 12.0. The highest BCUT2D eigenvalue weighted by Crippen LogP contribution is 2.37. The molecular weight excluding hydrogens is 424 g/mol.